The molecule has 0 saturated heterocycles. The van der Waals surface area contributed by atoms with Crippen molar-refractivity contribution in [3.05, 3.63) is 65.1 Å². The highest BCUT2D eigenvalue weighted by Gasteiger charge is 2.28. The van der Waals surface area contributed by atoms with Crippen LogP contribution in [0.1, 0.15) is 22.9 Å². The van der Waals surface area contributed by atoms with Gasteiger partial charge in [-0.3, -0.25) is 0 Å². The van der Waals surface area contributed by atoms with E-state index < -0.39 is 0 Å². The molecule has 1 aromatic heterocycles. The molecule has 3 nitrogen and oxygen atoms in total. The zero-order valence-corrected chi connectivity index (χ0v) is 13.4. The van der Waals surface area contributed by atoms with Crippen molar-refractivity contribution in [3.8, 4) is 0 Å². The van der Waals surface area contributed by atoms with Crippen LogP contribution in [0.2, 0.25) is 0 Å². The van der Waals surface area contributed by atoms with Gasteiger partial charge in [-0.1, -0.05) is 12.1 Å². The summed E-state index contributed by atoms with van der Waals surface area (Å²) in [6, 6.07) is 14.0. The van der Waals surface area contributed by atoms with Gasteiger partial charge < -0.3 is 15.2 Å². The fourth-order valence-corrected chi connectivity index (χ4v) is 3.57. The molecule has 3 aromatic rings. The molecule has 0 radical (unpaired) electrons. The Labute approximate surface area is 135 Å². The van der Waals surface area contributed by atoms with Crippen LogP contribution >= 0.6 is 0 Å². The molecule has 1 aliphatic heterocycles. The lowest BCUT2D eigenvalue weighted by Gasteiger charge is -2.22. The van der Waals surface area contributed by atoms with Crippen LogP contribution in [0.3, 0.4) is 0 Å². The van der Waals surface area contributed by atoms with Gasteiger partial charge in [0.05, 0.1) is 12.2 Å². The number of halogens is 1. The van der Waals surface area contributed by atoms with Gasteiger partial charge in [-0.05, 0) is 35.9 Å². The van der Waals surface area contributed by atoms with Crippen LogP contribution in [0.5, 0.6) is 0 Å². The zero-order chi connectivity index (χ0) is 16.0. The summed E-state index contributed by atoms with van der Waals surface area (Å²) in [4.78, 5) is 5.62. The summed E-state index contributed by atoms with van der Waals surface area (Å²) in [7, 11) is 4.10. The van der Waals surface area contributed by atoms with Gasteiger partial charge >= 0.3 is 0 Å². The number of aromatic nitrogens is 1. The topological polar surface area (TPSA) is 35.6 Å². The van der Waals surface area contributed by atoms with E-state index in [1.165, 1.54) is 28.6 Å². The molecule has 23 heavy (non-hydrogen) atoms. The van der Waals surface area contributed by atoms with E-state index in [1.54, 1.807) is 6.07 Å². The first-order valence-electron chi connectivity index (χ1n) is 8.04. The number of benzene rings is 2. The number of nitrogens with one attached hydrogen (secondary N) is 1. The molecular weight excluding hydrogens is 289 g/mol. The number of aromatic amines is 1. The van der Waals surface area contributed by atoms with Gasteiger partial charge in [0.25, 0.3) is 0 Å². The molecule has 0 fully saturated rings. The highest BCUT2D eigenvalue weighted by molar-refractivity contribution is 5.85. The molecule has 3 N–H and O–H groups in total. The van der Waals surface area contributed by atoms with E-state index in [0.29, 0.717) is 0 Å². The summed E-state index contributed by atoms with van der Waals surface area (Å²) < 4.78 is 13.6. The van der Waals surface area contributed by atoms with Gasteiger partial charge in [-0.15, -0.1) is 0 Å². The number of fused-ring (bicyclic) bond motifs is 3. The number of hydrogen-bond acceptors (Lipinski definition) is 1. The quantitative estimate of drug-likeness (QED) is 0.750. The highest BCUT2D eigenvalue weighted by Crippen LogP contribution is 2.31. The van der Waals surface area contributed by atoms with Crippen molar-refractivity contribution in [2.45, 2.75) is 12.5 Å². The van der Waals surface area contributed by atoms with Crippen molar-refractivity contribution < 1.29 is 9.71 Å². The molecular formula is C19H21FN3+. The third kappa shape index (κ3) is 2.39. The zero-order valence-electron chi connectivity index (χ0n) is 13.4. The van der Waals surface area contributed by atoms with E-state index in [0.717, 1.165) is 23.9 Å². The highest BCUT2D eigenvalue weighted by atomic mass is 19.1. The van der Waals surface area contributed by atoms with Crippen molar-refractivity contribution in [3.63, 3.8) is 0 Å². The number of quaternary nitrogens is 1. The Morgan fingerprint density at radius 2 is 1.91 bits per heavy atom. The third-order valence-electron chi connectivity index (χ3n) is 4.78. The monoisotopic (exact) mass is 310 g/mol. The number of hydrogen-bond donors (Lipinski definition) is 2. The molecule has 2 heterocycles. The normalized spacial score (nSPS) is 17.3. The molecule has 1 atom stereocenters. The molecule has 0 saturated carbocycles. The second kappa shape index (κ2) is 5.39. The second-order valence-electron chi connectivity index (χ2n) is 6.45. The first-order valence-corrected chi connectivity index (χ1v) is 8.04. The number of rotatable bonds is 2. The molecule has 0 spiro atoms. The van der Waals surface area contributed by atoms with E-state index in [2.05, 4.69) is 39.5 Å². The van der Waals surface area contributed by atoms with E-state index in [4.69, 9.17) is 0 Å². The smallest absolute Gasteiger partial charge is 0.153 e. The average Bonchev–Trinajstić information content (AvgIpc) is 2.93. The minimum absolute atomic E-state index is 0.166. The standard InChI is InChI=1S/C19H20FN3/c1-23(2)14-6-3-12(4-7-14)18-19-15(9-10-21-18)16-11-13(20)5-8-17(16)22-19/h3-8,11,18,21-22H,9-10H2,1-2H3/p+1/t18-/m0/s1. The number of H-pyrrole nitrogens is 1. The van der Waals surface area contributed by atoms with Crippen molar-refractivity contribution in [1.82, 2.24) is 4.98 Å². The van der Waals surface area contributed by atoms with Gasteiger partial charge in [0, 0.05) is 42.7 Å². The number of nitrogens with zero attached hydrogens (tertiary/aromatic N) is 1. The molecule has 0 unspecified atom stereocenters. The lowest BCUT2D eigenvalue weighted by molar-refractivity contribution is -0.690. The Hall–Kier alpha value is -2.33. The lowest BCUT2D eigenvalue weighted by atomic mass is 9.94. The van der Waals surface area contributed by atoms with E-state index in [1.807, 2.05) is 20.2 Å². The number of anilines is 1. The van der Waals surface area contributed by atoms with Crippen LogP contribution in [0, 0.1) is 5.82 Å². The van der Waals surface area contributed by atoms with Crippen LogP contribution in [0.4, 0.5) is 10.1 Å². The molecule has 4 rings (SSSR count). The van der Waals surface area contributed by atoms with Gasteiger partial charge in [-0.25, -0.2) is 4.39 Å². The molecule has 0 aliphatic carbocycles. The Balaban J connectivity index is 1.79. The van der Waals surface area contributed by atoms with Gasteiger partial charge in [0.2, 0.25) is 0 Å². The summed E-state index contributed by atoms with van der Waals surface area (Å²) in [6.07, 6.45) is 0.977. The second-order valence-corrected chi connectivity index (χ2v) is 6.45. The van der Waals surface area contributed by atoms with Crippen molar-refractivity contribution in [2.24, 2.45) is 0 Å². The van der Waals surface area contributed by atoms with E-state index in [9.17, 15) is 4.39 Å². The summed E-state index contributed by atoms with van der Waals surface area (Å²) >= 11 is 0. The SMILES string of the molecule is CN(C)c1ccc([C@@H]2[NH2+]CCc3c2[nH]c2ccc(F)cc32)cc1. The van der Waals surface area contributed by atoms with Crippen LogP contribution in [0.15, 0.2) is 42.5 Å². The molecule has 0 amide bonds. The predicted molar refractivity (Wildman–Crippen MR) is 91.4 cm³/mol. The molecule has 0 bridgehead atoms. The summed E-state index contributed by atoms with van der Waals surface area (Å²) in [5.74, 6) is -0.166. The Kier molecular flexibility index (Phi) is 3.34. The molecule has 1 aliphatic rings. The fourth-order valence-electron chi connectivity index (χ4n) is 3.57. The van der Waals surface area contributed by atoms with Crippen LogP contribution < -0.4 is 10.2 Å². The summed E-state index contributed by atoms with van der Waals surface area (Å²) in [6.45, 7) is 1.02. The Morgan fingerprint density at radius 3 is 2.65 bits per heavy atom. The van der Waals surface area contributed by atoms with Gasteiger partial charge in [-0.2, -0.15) is 0 Å². The molecule has 4 heteroatoms. The van der Waals surface area contributed by atoms with Crippen LogP contribution in [-0.2, 0) is 6.42 Å². The Bertz CT molecular complexity index is 849. The van der Waals surface area contributed by atoms with E-state index >= 15 is 0 Å². The summed E-state index contributed by atoms with van der Waals surface area (Å²) in [5.41, 5.74) is 5.99. The van der Waals surface area contributed by atoms with Crippen molar-refractivity contribution >= 4 is 16.6 Å². The van der Waals surface area contributed by atoms with E-state index in [-0.39, 0.29) is 11.9 Å². The third-order valence-corrected chi connectivity index (χ3v) is 4.78. The van der Waals surface area contributed by atoms with Crippen LogP contribution in [-0.4, -0.2) is 25.6 Å². The fraction of sp³-hybridized carbons (Fsp3) is 0.263. The van der Waals surface area contributed by atoms with Crippen molar-refractivity contribution in [1.29, 1.82) is 0 Å². The molecule has 118 valence electrons. The minimum Gasteiger partial charge on any atom is -0.378 e. The molecule has 2 aromatic carbocycles. The van der Waals surface area contributed by atoms with Crippen molar-refractivity contribution in [2.75, 3.05) is 25.5 Å². The predicted octanol–water partition coefficient (Wildman–Crippen LogP) is 2.58. The first-order chi connectivity index (χ1) is 11.1. The van der Waals surface area contributed by atoms with Gasteiger partial charge in [0.15, 0.2) is 6.04 Å². The minimum atomic E-state index is -0.166. The Morgan fingerprint density at radius 1 is 1.13 bits per heavy atom. The maximum atomic E-state index is 13.6. The first kappa shape index (κ1) is 14.3. The maximum absolute atomic E-state index is 13.6. The lowest BCUT2D eigenvalue weighted by Crippen LogP contribution is -2.87. The largest absolute Gasteiger partial charge is 0.378 e. The van der Waals surface area contributed by atoms with Crippen LogP contribution in [0.25, 0.3) is 10.9 Å². The maximum Gasteiger partial charge on any atom is 0.153 e. The summed E-state index contributed by atoms with van der Waals surface area (Å²) in [5, 5.41) is 3.39. The number of nitrogens with two attached hydrogens (primary N) is 1. The van der Waals surface area contributed by atoms with Gasteiger partial charge in [0.1, 0.15) is 5.82 Å². The average molecular weight is 310 g/mol.